The van der Waals surface area contributed by atoms with Gasteiger partial charge in [0, 0.05) is 22.3 Å². The van der Waals surface area contributed by atoms with Crippen LogP contribution in [-0.2, 0) is 11.2 Å². The average Bonchev–Trinajstić information content (AvgIpc) is 2.38. The van der Waals surface area contributed by atoms with Gasteiger partial charge in [-0.05, 0) is 31.2 Å². The molecule has 0 aliphatic heterocycles. The van der Waals surface area contributed by atoms with Crippen LogP contribution >= 0.6 is 0 Å². The number of carboxylic acid groups (broad SMARTS) is 1. The monoisotopic (exact) mass is 256 g/mol. The molecule has 98 valence electrons. The minimum Gasteiger partial charge on any atom is -0.481 e. The fraction of sp³-hybridized carbons (Fsp3) is 0.333. The van der Waals surface area contributed by atoms with Gasteiger partial charge in [0.25, 0.3) is 0 Å². The summed E-state index contributed by atoms with van der Waals surface area (Å²) >= 11 is 0. The summed E-state index contributed by atoms with van der Waals surface area (Å²) in [6.45, 7) is 0. The molecule has 1 aliphatic rings. The van der Waals surface area contributed by atoms with E-state index in [9.17, 15) is 4.79 Å². The van der Waals surface area contributed by atoms with Crippen molar-refractivity contribution in [3.8, 4) is 0 Å². The summed E-state index contributed by atoms with van der Waals surface area (Å²) in [7, 11) is 0. The zero-order valence-electron chi connectivity index (χ0n) is 10.6. The molecule has 1 aromatic heterocycles. The van der Waals surface area contributed by atoms with Gasteiger partial charge in [-0.3, -0.25) is 9.78 Å². The first-order chi connectivity index (χ1) is 9.16. The number of aromatic nitrogens is 1. The summed E-state index contributed by atoms with van der Waals surface area (Å²) in [5.74, 6) is -0.774. The number of hydrogen-bond acceptors (Lipinski definition) is 3. The molecule has 1 heterocycles. The van der Waals surface area contributed by atoms with Crippen molar-refractivity contribution in [2.24, 2.45) is 0 Å². The first-order valence-corrected chi connectivity index (χ1v) is 6.55. The fourth-order valence-corrected chi connectivity index (χ4v) is 3.03. The maximum atomic E-state index is 11.0. The maximum absolute atomic E-state index is 11.0. The van der Waals surface area contributed by atoms with Crippen molar-refractivity contribution in [1.82, 2.24) is 4.98 Å². The number of para-hydroxylation sites is 1. The fourth-order valence-electron chi connectivity index (χ4n) is 3.03. The SMILES string of the molecule is Nc1c2c(nc3ccccc13)CCCC2CC(=O)O. The number of fused-ring (bicyclic) bond motifs is 2. The summed E-state index contributed by atoms with van der Waals surface area (Å²) in [6.07, 6.45) is 2.89. The molecule has 0 amide bonds. The molecule has 1 unspecified atom stereocenters. The van der Waals surface area contributed by atoms with Crippen LogP contribution in [0.25, 0.3) is 10.9 Å². The van der Waals surface area contributed by atoms with Crippen molar-refractivity contribution >= 4 is 22.6 Å². The van der Waals surface area contributed by atoms with E-state index >= 15 is 0 Å². The number of hydrogen-bond donors (Lipinski definition) is 2. The molecule has 3 rings (SSSR count). The van der Waals surface area contributed by atoms with Gasteiger partial charge < -0.3 is 10.8 Å². The van der Waals surface area contributed by atoms with E-state index in [1.807, 2.05) is 24.3 Å². The molecule has 0 saturated carbocycles. The van der Waals surface area contributed by atoms with Crippen molar-refractivity contribution in [2.45, 2.75) is 31.6 Å². The normalized spacial score (nSPS) is 18.2. The van der Waals surface area contributed by atoms with E-state index in [0.29, 0.717) is 5.69 Å². The molecule has 3 N–H and O–H groups in total. The van der Waals surface area contributed by atoms with Crippen LogP contribution in [0.2, 0.25) is 0 Å². The number of carboxylic acids is 1. The summed E-state index contributed by atoms with van der Waals surface area (Å²) in [4.78, 5) is 15.7. The number of nitrogens with two attached hydrogens (primary N) is 1. The first-order valence-electron chi connectivity index (χ1n) is 6.55. The zero-order chi connectivity index (χ0) is 13.4. The number of aliphatic carboxylic acids is 1. The molecule has 1 aliphatic carbocycles. The largest absolute Gasteiger partial charge is 0.481 e. The molecule has 1 atom stereocenters. The predicted molar refractivity (Wildman–Crippen MR) is 74.1 cm³/mol. The molecule has 4 heteroatoms. The van der Waals surface area contributed by atoms with Gasteiger partial charge in [-0.25, -0.2) is 0 Å². The zero-order valence-corrected chi connectivity index (χ0v) is 10.6. The van der Waals surface area contributed by atoms with Crippen LogP contribution in [0, 0.1) is 0 Å². The van der Waals surface area contributed by atoms with Crippen LogP contribution in [-0.4, -0.2) is 16.1 Å². The quantitative estimate of drug-likeness (QED) is 0.866. The molecule has 1 aromatic carbocycles. The van der Waals surface area contributed by atoms with Gasteiger partial charge in [-0.15, -0.1) is 0 Å². The van der Waals surface area contributed by atoms with E-state index in [-0.39, 0.29) is 12.3 Å². The molecular formula is C15H16N2O2. The van der Waals surface area contributed by atoms with Gasteiger partial charge in [0.15, 0.2) is 0 Å². The summed E-state index contributed by atoms with van der Waals surface area (Å²) < 4.78 is 0. The Morgan fingerprint density at radius 2 is 2.21 bits per heavy atom. The van der Waals surface area contributed by atoms with Crippen LogP contribution < -0.4 is 5.73 Å². The van der Waals surface area contributed by atoms with Crippen molar-refractivity contribution in [3.63, 3.8) is 0 Å². The Kier molecular flexibility index (Phi) is 2.85. The number of carbonyl (C=O) groups is 1. The smallest absolute Gasteiger partial charge is 0.303 e. The van der Waals surface area contributed by atoms with Gasteiger partial charge in [-0.1, -0.05) is 18.2 Å². The molecule has 19 heavy (non-hydrogen) atoms. The van der Waals surface area contributed by atoms with Gasteiger partial charge in [0.05, 0.1) is 11.9 Å². The lowest BCUT2D eigenvalue weighted by atomic mass is 9.82. The van der Waals surface area contributed by atoms with Crippen LogP contribution in [0.5, 0.6) is 0 Å². The third-order valence-electron chi connectivity index (χ3n) is 3.85. The Hall–Kier alpha value is -2.10. The first kappa shape index (κ1) is 12.0. The van der Waals surface area contributed by atoms with Crippen LogP contribution in [0.4, 0.5) is 5.69 Å². The van der Waals surface area contributed by atoms with Gasteiger partial charge in [0.1, 0.15) is 0 Å². The Balaban J connectivity index is 2.19. The molecule has 4 nitrogen and oxygen atoms in total. The third-order valence-corrected chi connectivity index (χ3v) is 3.85. The van der Waals surface area contributed by atoms with Gasteiger partial charge in [-0.2, -0.15) is 0 Å². The van der Waals surface area contributed by atoms with E-state index in [4.69, 9.17) is 10.8 Å². The van der Waals surface area contributed by atoms with Crippen molar-refractivity contribution in [3.05, 3.63) is 35.5 Å². The third kappa shape index (κ3) is 2.03. The highest BCUT2D eigenvalue weighted by Crippen LogP contribution is 2.39. The lowest BCUT2D eigenvalue weighted by molar-refractivity contribution is -0.137. The van der Waals surface area contributed by atoms with E-state index in [1.165, 1.54) is 0 Å². The minimum absolute atomic E-state index is 0.00152. The standard InChI is InChI=1S/C15H16N2O2/c16-15-10-5-1-2-6-11(10)17-12-7-3-4-9(14(12)15)8-13(18)19/h1-2,5-6,9H,3-4,7-8H2,(H2,16,17)(H,18,19). The second kappa shape index (κ2) is 4.53. The lowest BCUT2D eigenvalue weighted by Crippen LogP contribution is -2.17. The number of aryl methyl sites for hydroxylation is 1. The van der Waals surface area contributed by atoms with Gasteiger partial charge in [0.2, 0.25) is 0 Å². The Labute approximate surface area is 111 Å². The van der Waals surface area contributed by atoms with E-state index in [0.717, 1.165) is 41.4 Å². The number of pyridine rings is 1. The Morgan fingerprint density at radius 3 is 3.00 bits per heavy atom. The maximum Gasteiger partial charge on any atom is 0.303 e. The molecule has 2 aromatic rings. The second-order valence-corrected chi connectivity index (χ2v) is 5.09. The number of anilines is 1. The molecular weight excluding hydrogens is 240 g/mol. The summed E-state index contributed by atoms with van der Waals surface area (Å²) in [5.41, 5.74) is 9.83. The number of nitrogen functional groups attached to an aromatic ring is 1. The Bertz CT molecular complexity index is 652. The minimum atomic E-state index is -0.773. The number of rotatable bonds is 2. The highest BCUT2D eigenvalue weighted by atomic mass is 16.4. The topological polar surface area (TPSA) is 76.2 Å². The summed E-state index contributed by atoms with van der Waals surface area (Å²) in [5, 5.41) is 9.96. The van der Waals surface area contributed by atoms with Crippen molar-refractivity contribution in [2.75, 3.05) is 5.73 Å². The number of benzene rings is 1. The molecule has 0 radical (unpaired) electrons. The average molecular weight is 256 g/mol. The molecule has 0 spiro atoms. The molecule has 0 saturated heterocycles. The van der Waals surface area contributed by atoms with Crippen LogP contribution in [0.3, 0.4) is 0 Å². The highest BCUT2D eigenvalue weighted by Gasteiger charge is 2.26. The van der Waals surface area contributed by atoms with Crippen molar-refractivity contribution in [1.29, 1.82) is 0 Å². The van der Waals surface area contributed by atoms with Crippen LogP contribution in [0.1, 0.15) is 36.4 Å². The predicted octanol–water partition coefficient (Wildman–Crippen LogP) is 2.71. The van der Waals surface area contributed by atoms with Crippen molar-refractivity contribution < 1.29 is 9.90 Å². The van der Waals surface area contributed by atoms with Crippen LogP contribution in [0.15, 0.2) is 24.3 Å². The van der Waals surface area contributed by atoms with E-state index < -0.39 is 5.97 Å². The lowest BCUT2D eigenvalue weighted by Gasteiger charge is -2.26. The van der Waals surface area contributed by atoms with Gasteiger partial charge >= 0.3 is 5.97 Å². The van der Waals surface area contributed by atoms with E-state index in [2.05, 4.69) is 4.98 Å². The number of nitrogens with zero attached hydrogens (tertiary/aromatic N) is 1. The van der Waals surface area contributed by atoms with E-state index in [1.54, 1.807) is 0 Å². The molecule has 0 bridgehead atoms. The summed E-state index contributed by atoms with van der Waals surface area (Å²) in [6, 6.07) is 7.78. The Morgan fingerprint density at radius 1 is 1.42 bits per heavy atom. The second-order valence-electron chi connectivity index (χ2n) is 5.09. The highest BCUT2D eigenvalue weighted by molar-refractivity contribution is 5.92. The molecule has 0 fully saturated rings.